The first kappa shape index (κ1) is 13.3. The molecule has 1 aromatic carbocycles. The molecule has 2 aliphatic rings. The van der Waals surface area contributed by atoms with Crippen LogP contribution in [-0.2, 0) is 0 Å². The Kier molecular flexibility index (Phi) is 2.59. The molecule has 1 saturated heterocycles. The van der Waals surface area contributed by atoms with Gasteiger partial charge in [0.15, 0.2) is 10.9 Å². The molecule has 0 amide bonds. The van der Waals surface area contributed by atoms with Crippen LogP contribution in [0, 0.1) is 17.0 Å². The van der Waals surface area contributed by atoms with Crippen LogP contribution in [0.25, 0.3) is 10.2 Å². The zero-order valence-electron chi connectivity index (χ0n) is 11.0. The zero-order chi connectivity index (χ0) is 14.8. The van der Waals surface area contributed by atoms with Gasteiger partial charge in [0.2, 0.25) is 0 Å². The van der Waals surface area contributed by atoms with Crippen LogP contribution in [0.4, 0.5) is 22.7 Å². The molecule has 0 bridgehead atoms. The second-order valence-corrected chi connectivity index (χ2v) is 6.89. The SMILES string of the molecule is Fc1cc(F)c2nc(N3CCC4(CC3)CC4(F)F)sc2c1. The molecule has 2 fully saturated rings. The Balaban J connectivity index is 1.59. The lowest BCUT2D eigenvalue weighted by Gasteiger charge is -2.31. The molecule has 1 aliphatic heterocycles. The molecule has 0 unspecified atom stereocenters. The minimum absolute atomic E-state index is 0.0203. The average Bonchev–Trinajstić information content (AvgIpc) is 2.78. The van der Waals surface area contributed by atoms with Crippen molar-refractivity contribution >= 4 is 26.7 Å². The molecule has 0 radical (unpaired) electrons. The van der Waals surface area contributed by atoms with Crippen LogP contribution in [0.2, 0.25) is 0 Å². The molecule has 1 aliphatic carbocycles. The first-order chi connectivity index (χ1) is 9.90. The fraction of sp³-hybridized carbons (Fsp3) is 0.500. The van der Waals surface area contributed by atoms with E-state index in [1.807, 2.05) is 4.90 Å². The van der Waals surface area contributed by atoms with Gasteiger partial charge in [-0.15, -0.1) is 0 Å². The molecule has 7 heteroatoms. The van der Waals surface area contributed by atoms with Crippen molar-refractivity contribution in [2.75, 3.05) is 18.0 Å². The molecule has 1 aromatic heterocycles. The number of anilines is 1. The number of thiazole rings is 1. The Morgan fingerprint density at radius 2 is 1.81 bits per heavy atom. The van der Waals surface area contributed by atoms with Gasteiger partial charge in [-0.1, -0.05) is 11.3 Å². The summed E-state index contributed by atoms with van der Waals surface area (Å²) in [4.78, 5) is 6.09. The largest absolute Gasteiger partial charge is 0.348 e. The maximum Gasteiger partial charge on any atom is 0.254 e. The van der Waals surface area contributed by atoms with E-state index < -0.39 is 23.0 Å². The lowest BCUT2D eigenvalue weighted by Crippen LogP contribution is -2.36. The monoisotopic (exact) mass is 316 g/mol. The number of halogens is 4. The summed E-state index contributed by atoms with van der Waals surface area (Å²) in [6, 6.07) is 2.06. The van der Waals surface area contributed by atoms with E-state index in [4.69, 9.17) is 0 Å². The second kappa shape index (κ2) is 4.09. The highest BCUT2D eigenvalue weighted by Crippen LogP contribution is 2.66. The predicted octanol–water partition coefficient (Wildman–Crippen LogP) is 4.20. The summed E-state index contributed by atoms with van der Waals surface area (Å²) >= 11 is 1.20. The Morgan fingerprint density at radius 1 is 1.14 bits per heavy atom. The van der Waals surface area contributed by atoms with E-state index >= 15 is 0 Å². The van der Waals surface area contributed by atoms with E-state index in [-0.39, 0.29) is 11.9 Å². The molecule has 2 nitrogen and oxygen atoms in total. The third-order valence-corrected chi connectivity index (χ3v) is 5.67. The molecular formula is C14H12F4N2S. The highest BCUT2D eigenvalue weighted by Gasteiger charge is 2.70. The minimum Gasteiger partial charge on any atom is -0.348 e. The maximum absolute atomic E-state index is 13.6. The van der Waals surface area contributed by atoms with Crippen LogP contribution < -0.4 is 4.90 Å². The van der Waals surface area contributed by atoms with Gasteiger partial charge in [-0.25, -0.2) is 22.5 Å². The van der Waals surface area contributed by atoms with Gasteiger partial charge < -0.3 is 4.90 Å². The lowest BCUT2D eigenvalue weighted by molar-refractivity contribution is 0.0537. The van der Waals surface area contributed by atoms with Gasteiger partial charge >= 0.3 is 0 Å². The third-order valence-electron chi connectivity index (χ3n) is 4.60. The number of fused-ring (bicyclic) bond motifs is 1. The highest BCUT2D eigenvalue weighted by atomic mass is 32.1. The van der Waals surface area contributed by atoms with Crippen molar-refractivity contribution in [1.82, 2.24) is 4.98 Å². The summed E-state index contributed by atoms with van der Waals surface area (Å²) in [6.07, 6.45) is 0.826. The van der Waals surface area contributed by atoms with E-state index in [1.165, 1.54) is 17.4 Å². The predicted molar refractivity (Wildman–Crippen MR) is 73.0 cm³/mol. The Hall–Kier alpha value is -1.37. The van der Waals surface area contributed by atoms with Crippen molar-refractivity contribution < 1.29 is 17.6 Å². The van der Waals surface area contributed by atoms with Crippen LogP contribution in [0.3, 0.4) is 0 Å². The smallest absolute Gasteiger partial charge is 0.254 e. The van der Waals surface area contributed by atoms with E-state index in [9.17, 15) is 17.6 Å². The van der Waals surface area contributed by atoms with Crippen molar-refractivity contribution in [2.45, 2.75) is 25.2 Å². The fourth-order valence-corrected chi connectivity index (χ4v) is 4.19. The van der Waals surface area contributed by atoms with Gasteiger partial charge in [0.05, 0.1) is 4.70 Å². The fourth-order valence-electron chi connectivity index (χ4n) is 3.13. The number of hydrogen-bond donors (Lipinski definition) is 0. The number of hydrogen-bond acceptors (Lipinski definition) is 3. The van der Waals surface area contributed by atoms with Crippen molar-refractivity contribution in [2.24, 2.45) is 5.41 Å². The molecule has 2 aromatic rings. The van der Waals surface area contributed by atoms with Crippen LogP contribution in [0.5, 0.6) is 0 Å². The molecule has 0 N–H and O–H groups in total. The standard InChI is InChI=1S/C14H12F4N2S/c15-8-5-9(16)11-10(6-8)21-12(19-11)20-3-1-13(2-4-20)7-14(13,17)18/h5-6H,1-4,7H2. The summed E-state index contributed by atoms with van der Waals surface area (Å²) in [5.74, 6) is -3.85. The number of nitrogens with zero attached hydrogens (tertiary/aromatic N) is 2. The van der Waals surface area contributed by atoms with E-state index in [0.29, 0.717) is 35.8 Å². The molecule has 1 saturated carbocycles. The molecule has 21 heavy (non-hydrogen) atoms. The van der Waals surface area contributed by atoms with Crippen molar-refractivity contribution in [1.29, 1.82) is 0 Å². The molecule has 2 heterocycles. The number of aromatic nitrogens is 1. The Labute approximate surface area is 122 Å². The Bertz CT molecular complexity index is 719. The van der Waals surface area contributed by atoms with Crippen molar-refractivity contribution in [3.8, 4) is 0 Å². The van der Waals surface area contributed by atoms with Gasteiger partial charge in [-0.3, -0.25) is 0 Å². The summed E-state index contributed by atoms with van der Waals surface area (Å²) in [5.41, 5.74) is -0.675. The first-order valence-corrected chi connectivity index (χ1v) is 7.60. The van der Waals surface area contributed by atoms with E-state index in [2.05, 4.69) is 4.98 Å². The normalized spacial score (nSPS) is 23.0. The van der Waals surface area contributed by atoms with Crippen LogP contribution >= 0.6 is 11.3 Å². The quantitative estimate of drug-likeness (QED) is 0.733. The van der Waals surface area contributed by atoms with Gasteiger partial charge in [0.25, 0.3) is 5.92 Å². The highest BCUT2D eigenvalue weighted by molar-refractivity contribution is 7.22. The number of rotatable bonds is 1. The first-order valence-electron chi connectivity index (χ1n) is 6.79. The van der Waals surface area contributed by atoms with Crippen molar-refractivity contribution in [3.05, 3.63) is 23.8 Å². The van der Waals surface area contributed by atoms with Gasteiger partial charge in [0, 0.05) is 31.0 Å². The maximum atomic E-state index is 13.6. The molecule has 1 spiro atoms. The van der Waals surface area contributed by atoms with Gasteiger partial charge in [-0.05, 0) is 18.9 Å². The van der Waals surface area contributed by atoms with Crippen LogP contribution in [0.15, 0.2) is 12.1 Å². The number of benzene rings is 1. The van der Waals surface area contributed by atoms with Crippen LogP contribution in [0.1, 0.15) is 19.3 Å². The van der Waals surface area contributed by atoms with Crippen molar-refractivity contribution in [3.63, 3.8) is 0 Å². The lowest BCUT2D eigenvalue weighted by atomic mass is 9.93. The number of alkyl halides is 2. The summed E-state index contributed by atoms with van der Waals surface area (Å²) in [7, 11) is 0. The van der Waals surface area contributed by atoms with Gasteiger partial charge in [-0.2, -0.15) is 0 Å². The number of piperidine rings is 1. The topological polar surface area (TPSA) is 16.1 Å². The average molecular weight is 316 g/mol. The molecule has 4 rings (SSSR count). The molecular weight excluding hydrogens is 304 g/mol. The summed E-state index contributed by atoms with van der Waals surface area (Å²) in [5, 5.41) is 0.577. The molecule has 112 valence electrons. The van der Waals surface area contributed by atoms with Crippen LogP contribution in [-0.4, -0.2) is 24.0 Å². The van der Waals surface area contributed by atoms with E-state index in [1.54, 1.807) is 0 Å². The molecule has 0 atom stereocenters. The second-order valence-electron chi connectivity index (χ2n) is 5.88. The zero-order valence-corrected chi connectivity index (χ0v) is 11.8. The minimum atomic E-state index is -2.53. The third kappa shape index (κ3) is 1.93. The van der Waals surface area contributed by atoms with E-state index in [0.717, 1.165) is 6.07 Å². The summed E-state index contributed by atoms with van der Waals surface area (Å²) in [6.45, 7) is 0.971. The Morgan fingerprint density at radius 3 is 2.43 bits per heavy atom. The summed E-state index contributed by atoms with van der Waals surface area (Å²) < 4.78 is 54.0. The van der Waals surface area contributed by atoms with Gasteiger partial charge in [0.1, 0.15) is 11.3 Å².